The summed E-state index contributed by atoms with van der Waals surface area (Å²) in [7, 11) is 0. The van der Waals surface area contributed by atoms with E-state index < -0.39 is 5.97 Å². The van der Waals surface area contributed by atoms with Crippen molar-refractivity contribution in [1.29, 1.82) is 0 Å². The van der Waals surface area contributed by atoms with Crippen molar-refractivity contribution in [2.75, 3.05) is 6.61 Å². The molecule has 0 spiro atoms. The van der Waals surface area contributed by atoms with Gasteiger partial charge in [-0.05, 0) is 44.2 Å². The van der Waals surface area contributed by atoms with Crippen LogP contribution in [0.1, 0.15) is 40.5 Å². The standard InChI is InChI=1S/C12H15NO3/c1-3-16-12(15)10-9-6-4-5-8(9)7(2)11(14)13-10/h3-6H2,1-2H3,(H,13,14). The summed E-state index contributed by atoms with van der Waals surface area (Å²) in [6.07, 6.45) is 2.73. The van der Waals surface area contributed by atoms with E-state index in [0.29, 0.717) is 12.3 Å². The zero-order valence-electron chi connectivity index (χ0n) is 9.55. The Labute approximate surface area is 93.6 Å². The summed E-state index contributed by atoms with van der Waals surface area (Å²) in [5, 5.41) is 0. The third-order valence-electron chi connectivity index (χ3n) is 3.03. The van der Waals surface area contributed by atoms with Crippen molar-refractivity contribution in [2.45, 2.75) is 33.1 Å². The molecule has 0 fully saturated rings. The van der Waals surface area contributed by atoms with Crippen LogP contribution in [0.4, 0.5) is 0 Å². The Kier molecular flexibility index (Phi) is 2.81. The van der Waals surface area contributed by atoms with E-state index in [0.717, 1.165) is 36.0 Å². The van der Waals surface area contributed by atoms with Gasteiger partial charge in [-0.15, -0.1) is 0 Å². The fraction of sp³-hybridized carbons (Fsp3) is 0.500. The van der Waals surface area contributed by atoms with E-state index in [9.17, 15) is 9.59 Å². The second-order valence-electron chi connectivity index (χ2n) is 3.99. The molecule has 0 aromatic carbocycles. The van der Waals surface area contributed by atoms with Crippen LogP contribution in [0.2, 0.25) is 0 Å². The predicted octanol–water partition coefficient (Wildman–Crippen LogP) is 1.35. The summed E-state index contributed by atoms with van der Waals surface area (Å²) in [4.78, 5) is 26.0. The van der Waals surface area contributed by atoms with Gasteiger partial charge in [-0.1, -0.05) is 0 Å². The van der Waals surface area contributed by atoms with Gasteiger partial charge < -0.3 is 9.72 Å². The van der Waals surface area contributed by atoms with Gasteiger partial charge in [0.25, 0.3) is 5.56 Å². The molecule has 0 atom stereocenters. The summed E-state index contributed by atoms with van der Waals surface area (Å²) in [6, 6.07) is 0. The van der Waals surface area contributed by atoms with Gasteiger partial charge in [0, 0.05) is 5.56 Å². The Balaban J connectivity index is 2.55. The van der Waals surface area contributed by atoms with Crippen LogP contribution in [0.15, 0.2) is 4.79 Å². The Morgan fingerprint density at radius 1 is 1.38 bits per heavy atom. The zero-order chi connectivity index (χ0) is 11.7. The molecule has 1 aliphatic rings. The molecule has 16 heavy (non-hydrogen) atoms. The molecule has 0 saturated heterocycles. The third-order valence-corrected chi connectivity index (χ3v) is 3.03. The van der Waals surface area contributed by atoms with Crippen LogP contribution < -0.4 is 5.56 Å². The second-order valence-corrected chi connectivity index (χ2v) is 3.99. The van der Waals surface area contributed by atoms with Crippen molar-refractivity contribution in [3.63, 3.8) is 0 Å². The smallest absolute Gasteiger partial charge is 0.355 e. The van der Waals surface area contributed by atoms with Gasteiger partial charge in [0.2, 0.25) is 0 Å². The van der Waals surface area contributed by atoms with Gasteiger partial charge in [0.05, 0.1) is 6.61 Å². The molecular weight excluding hydrogens is 206 g/mol. The molecule has 1 N–H and O–H groups in total. The first-order valence-electron chi connectivity index (χ1n) is 5.57. The molecule has 0 bridgehead atoms. The van der Waals surface area contributed by atoms with E-state index in [1.807, 2.05) is 0 Å². The molecule has 1 aliphatic carbocycles. The highest BCUT2D eigenvalue weighted by Gasteiger charge is 2.23. The van der Waals surface area contributed by atoms with Crippen molar-refractivity contribution >= 4 is 5.97 Å². The average Bonchev–Trinajstić information content (AvgIpc) is 2.72. The van der Waals surface area contributed by atoms with Gasteiger partial charge >= 0.3 is 5.97 Å². The van der Waals surface area contributed by atoms with Crippen LogP contribution in [0, 0.1) is 6.92 Å². The SMILES string of the molecule is CCOC(=O)c1[nH]c(=O)c(C)c2c1CCC2. The second kappa shape index (κ2) is 4.12. The highest BCUT2D eigenvalue weighted by Crippen LogP contribution is 2.25. The lowest BCUT2D eigenvalue weighted by atomic mass is 10.0. The summed E-state index contributed by atoms with van der Waals surface area (Å²) < 4.78 is 4.94. The number of carbonyl (C=O) groups is 1. The van der Waals surface area contributed by atoms with Crippen molar-refractivity contribution < 1.29 is 9.53 Å². The van der Waals surface area contributed by atoms with Gasteiger partial charge in [-0.25, -0.2) is 4.79 Å². The number of pyridine rings is 1. The number of hydrogen-bond donors (Lipinski definition) is 1. The molecule has 2 rings (SSSR count). The fourth-order valence-corrected chi connectivity index (χ4v) is 2.23. The highest BCUT2D eigenvalue weighted by atomic mass is 16.5. The lowest BCUT2D eigenvalue weighted by Crippen LogP contribution is -2.21. The van der Waals surface area contributed by atoms with E-state index in [1.54, 1.807) is 13.8 Å². The minimum absolute atomic E-state index is 0.177. The molecule has 0 radical (unpaired) electrons. The predicted molar refractivity (Wildman–Crippen MR) is 59.8 cm³/mol. The molecule has 0 unspecified atom stereocenters. The maximum Gasteiger partial charge on any atom is 0.355 e. The first-order valence-corrected chi connectivity index (χ1v) is 5.57. The van der Waals surface area contributed by atoms with Crippen molar-refractivity contribution in [3.05, 3.63) is 32.7 Å². The molecule has 86 valence electrons. The van der Waals surface area contributed by atoms with Crippen LogP contribution in [0.5, 0.6) is 0 Å². The number of fused-ring (bicyclic) bond motifs is 1. The van der Waals surface area contributed by atoms with E-state index in [4.69, 9.17) is 4.74 Å². The fourth-order valence-electron chi connectivity index (χ4n) is 2.23. The normalized spacial score (nSPS) is 13.6. The van der Waals surface area contributed by atoms with Crippen LogP contribution >= 0.6 is 0 Å². The molecule has 0 saturated carbocycles. The van der Waals surface area contributed by atoms with Gasteiger partial charge in [0.15, 0.2) is 0 Å². The first-order chi connectivity index (χ1) is 7.65. The third kappa shape index (κ3) is 1.64. The molecular formula is C12H15NO3. The van der Waals surface area contributed by atoms with E-state index in [1.165, 1.54) is 0 Å². The minimum Gasteiger partial charge on any atom is -0.461 e. The van der Waals surface area contributed by atoms with Crippen LogP contribution in [0.25, 0.3) is 0 Å². The Bertz CT molecular complexity index is 488. The monoisotopic (exact) mass is 221 g/mol. The molecule has 1 aromatic rings. The molecule has 1 aromatic heterocycles. The number of hydrogen-bond acceptors (Lipinski definition) is 3. The van der Waals surface area contributed by atoms with E-state index in [2.05, 4.69) is 4.98 Å². The minimum atomic E-state index is -0.419. The van der Waals surface area contributed by atoms with Crippen LogP contribution in [-0.2, 0) is 17.6 Å². The number of aromatic amines is 1. The number of ether oxygens (including phenoxy) is 1. The summed E-state index contributed by atoms with van der Waals surface area (Å²) >= 11 is 0. The Morgan fingerprint density at radius 3 is 2.75 bits per heavy atom. The van der Waals surface area contributed by atoms with E-state index in [-0.39, 0.29) is 5.56 Å². The summed E-state index contributed by atoms with van der Waals surface area (Å²) in [6.45, 7) is 3.88. The highest BCUT2D eigenvalue weighted by molar-refractivity contribution is 5.89. The number of H-pyrrole nitrogens is 1. The van der Waals surface area contributed by atoms with Gasteiger partial charge in [-0.3, -0.25) is 4.79 Å². The maximum absolute atomic E-state index is 11.7. The lowest BCUT2D eigenvalue weighted by molar-refractivity contribution is 0.0518. The van der Waals surface area contributed by atoms with Crippen LogP contribution in [0.3, 0.4) is 0 Å². The zero-order valence-corrected chi connectivity index (χ0v) is 9.55. The summed E-state index contributed by atoms with van der Waals surface area (Å²) in [5.74, 6) is -0.419. The summed E-state index contributed by atoms with van der Waals surface area (Å²) in [5.41, 5.74) is 2.91. The van der Waals surface area contributed by atoms with E-state index >= 15 is 0 Å². The van der Waals surface area contributed by atoms with Gasteiger partial charge in [-0.2, -0.15) is 0 Å². The topological polar surface area (TPSA) is 59.2 Å². The molecule has 4 heteroatoms. The van der Waals surface area contributed by atoms with Crippen LogP contribution in [-0.4, -0.2) is 17.6 Å². The number of carbonyl (C=O) groups excluding carboxylic acids is 1. The molecule has 1 heterocycles. The largest absolute Gasteiger partial charge is 0.461 e. The number of rotatable bonds is 2. The molecule has 4 nitrogen and oxygen atoms in total. The quantitative estimate of drug-likeness (QED) is 0.767. The number of esters is 1. The number of nitrogens with one attached hydrogen (secondary N) is 1. The molecule has 0 aliphatic heterocycles. The van der Waals surface area contributed by atoms with Crippen molar-refractivity contribution in [1.82, 2.24) is 4.98 Å². The lowest BCUT2D eigenvalue weighted by Gasteiger charge is -2.09. The number of aromatic nitrogens is 1. The molecule has 0 amide bonds. The van der Waals surface area contributed by atoms with Crippen molar-refractivity contribution in [2.24, 2.45) is 0 Å². The van der Waals surface area contributed by atoms with Crippen molar-refractivity contribution in [3.8, 4) is 0 Å². The first kappa shape index (κ1) is 10.9. The maximum atomic E-state index is 11.7. The van der Waals surface area contributed by atoms with Gasteiger partial charge in [0.1, 0.15) is 5.69 Å². The Hall–Kier alpha value is -1.58. The Morgan fingerprint density at radius 2 is 2.06 bits per heavy atom. The average molecular weight is 221 g/mol.